The molecular formula is C13H21N3O3. The maximum atomic E-state index is 5.79. The van der Waals surface area contributed by atoms with Gasteiger partial charge in [-0.15, -0.1) is 0 Å². The van der Waals surface area contributed by atoms with Gasteiger partial charge in [0.05, 0.1) is 33.1 Å². The normalized spacial score (nSPS) is 11.2. The van der Waals surface area contributed by atoms with Gasteiger partial charge >= 0.3 is 0 Å². The van der Waals surface area contributed by atoms with E-state index >= 15 is 0 Å². The van der Waals surface area contributed by atoms with Gasteiger partial charge in [-0.25, -0.2) is 0 Å². The Bertz CT molecular complexity index is 422. The van der Waals surface area contributed by atoms with E-state index in [2.05, 4.69) is 10.3 Å². The third kappa shape index (κ3) is 5.05. The molecule has 0 aliphatic carbocycles. The van der Waals surface area contributed by atoms with Crippen LogP contribution in [0.4, 0.5) is 5.69 Å². The number of hydrogen-bond donors (Lipinski definition) is 2. The van der Waals surface area contributed by atoms with Crippen LogP contribution in [-0.2, 0) is 4.74 Å². The van der Waals surface area contributed by atoms with Crippen LogP contribution in [0.2, 0.25) is 0 Å². The minimum absolute atomic E-state index is 0.311. The standard InChI is InChI=1S/C13H21N3O3/c1-4-19-8-7-15-13(14)16-11-9-10(17-2)5-6-12(11)18-3/h5-6,9H,4,7-8H2,1-3H3,(H3,14,15,16). The summed E-state index contributed by atoms with van der Waals surface area (Å²) >= 11 is 0. The van der Waals surface area contributed by atoms with Crippen LogP contribution in [0.1, 0.15) is 6.92 Å². The van der Waals surface area contributed by atoms with Crippen LogP contribution >= 0.6 is 0 Å². The van der Waals surface area contributed by atoms with Crippen molar-refractivity contribution in [3.05, 3.63) is 18.2 Å². The van der Waals surface area contributed by atoms with Crippen molar-refractivity contribution in [3.63, 3.8) is 0 Å². The summed E-state index contributed by atoms with van der Waals surface area (Å²) in [6.45, 7) is 3.67. The van der Waals surface area contributed by atoms with Gasteiger partial charge in [0.25, 0.3) is 0 Å². The molecule has 1 aromatic carbocycles. The fourth-order valence-electron chi connectivity index (χ4n) is 1.46. The van der Waals surface area contributed by atoms with E-state index in [4.69, 9.17) is 19.9 Å². The molecule has 0 aromatic heterocycles. The Morgan fingerprint density at radius 1 is 1.32 bits per heavy atom. The number of methoxy groups -OCH3 is 2. The first-order chi connectivity index (χ1) is 9.21. The van der Waals surface area contributed by atoms with Crippen molar-refractivity contribution in [2.75, 3.05) is 39.3 Å². The molecule has 0 saturated carbocycles. The van der Waals surface area contributed by atoms with Gasteiger partial charge in [0.1, 0.15) is 11.5 Å². The SMILES string of the molecule is CCOCCN=C(N)Nc1cc(OC)ccc1OC. The highest BCUT2D eigenvalue weighted by Crippen LogP contribution is 2.28. The summed E-state index contributed by atoms with van der Waals surface area (Å²) < 4.78 is 15.6. The quantitative estimate of drug-likeness (QED) is 0.444. The second kappa shape index (κ2) is 8.20. The monoisotopic (exact) mass is 267 g/mol. The summed E-state index contributed by atoms with van der Waals surface area (Å²) in [7, 11) is 3.19. The molecule has 106 valence electrons. The van der Waals surface area contributed by atoms with E-state index in [1.807, 2.05) is 13.0 Å². The van der Waals surface area contributed by atoms with Crippen molar-refractivity contribution in [3.8, 4) is 11.5 Å². The fourth-order valence-corrected chi connectivity index (χ4v) is 1.46. The predicted molar refractivity (Wildman–Crippen MR) is 76.2 cm³/mol. The Kier molecular flexibility index (Phi) is 6.52. The second-order valence-corrected chi connectivity index (χ2v) is 3.66. The molecule has 0 amide bonds. The molecule has 1 aromatic rings. The molecule has 0 atom stereocenters. The van der Waals surface area contributed by atoms with Gasteiger partial charge < -0.3 is 25.3 Å². The Labute approximate surface area is 113 Å². The van der Waals surface area contributed by atoms with Gasteiger partial charge in [-0.3, -0.25) is 4.99 Å². The van der Waals surface area contributed by atoms with E-state index in [0.717, 1.165) is 0 Å². The third-order valence-electron chi connectivity index (χ3n) is 2.39. The number of benzene rings is 1. The maximum Gasteiger partial charge on any atom is 0.193 e. The minimum Gasteiger partial charge on any atom is -0.497 e. The lowest BCUT2D eigenvalue weighted by atomic mass is 10.2. The molecule has 3 N–H and O–H groups in total. The predicted octanol–water partition coefficient (Wildman–Crippen LogP) is 1.47. The summed E-state index contributed by atoms with van der Waals surface area (Å²) in [4.78, 5) is 4.15. The average Bonchev–Trinajstić information content (AvgIpc) is 2.43. The van der Waals surface area contributed by atoms with Crippen LogP contribution in [0.25, 0.3) is 0 Å². The molecule has 0 unspecified atom stereocenters. The number of ether oxygens (including phenoxy) is 3. The van der Waals surface area contributed by atoms with Crippen LogP contribution < -0.4 is 20.5 Å². The molecule has 0 spiro atoms. The van der Waals surface area contributed by atoms with E-state index in [1.54, 1.807) is 26.4 Å². The van der Waals surface area contributed by atoms with Gasteiger partial charge in [-0.05, 0) is 19.1 Å². The van der Waals surface area contributed by atoms with Crippen LogP contribution in [-0.4, -0.2) is 39.9 Å². The van der Waals surface area contributed by atoms with Gasteiger partial charge in [0, 0.05) is 12.7 Å². The number of rotatable bonds is 7. The first-order valence-corrected chi connectivity index (χ1v) is 6.08. The molecule has 0 heterocycles. The van der Waals surface area contributed by atoms with E-state index in [0.29, 0.717) is 42.9 Å². The van der Waals surface area contributed by atoms with E-state index < -0.39 is 0 Å². The first kappa shape index (κ1) is 15.1. The summed E-state index contributed by atoms with van der Waals surface area (Å²) in [6, 6.07) is 5.41. The zero-order valence-corrected chi connectivity index (χ0v) is 11.6. The van der Waals surface area contributed by atoms with E-state index in [9.17, 15) is 0 Å². The number of nitrogens with two attached hydrogens (primary N) is 1. The van der Waals surface area contributed by atoms with Gasteiger partial charge in [0.15, 0.2) is 5.96 Å². The molecule has 6 heteroatoms. The number of hydrogen-bond acceptors (Lipinski definition) is 4. The molecule has 1 rings (SSSR count). The molecule has 0 saturated heterocycles. The Morgan fingerprint density at radius 2 is 2.11 bits per heavy atom. The number of anilines is 1. The highest BCUT2D eigenvalue weighted by atomic mass is 16.5. The molecule has 0 aliphatic rings. The molecule has 19 heavy (non-hydrogen) atoms. The summed E-state index contributed by atoms with van der Waals surface area (Å²) in [6.07, 6.45) is 0. The van der Waals surface area contributed by atoms with E-state index in [-0.39, 0.29) is 0 Å². The summed E-state index contributed by atoms with van der Waals surface area (Å²) in [5.74, 6) is 1.69. The molecule has 0 fully saturated rings. The van der Waals surface area contributed by atoms with E-state index in [1.165, 1.54) is 0 Å². The van der Waals surface area contributed by atoms with Crippen molar-refractivity contribution >= 4 is 11.6 Å². The number of nitrogens with one attached hydrogen (secondary N) is 1. The minimum atomic E-state index is 0.311. The van der Waals surface area contributed by atoms with Crippen molar-refractivity contribution in [2.45, 2.75) is 6.92 Å². The lowest BCUT2D eigenvalue weighted by Gasteiger charge is -2.12. The zero-order valence-electron chi connectivity index (χ0n) is 11.6. The van der Waals surface area contributed by atoms with Crippen LogP contribution in [0.3, 0.4) is 0 Å². The smallest absolute Gasteiger partial charge is 0.193 e. The Balaban J connectivity index is 2.68. The first-order valence-electron chi connectivity index (χ1n) is 6.08. The number of guanidine groups is 1. The molecule has 0 radical (unpaired) electrons. The third-order valence-corrected chi connectivity index (χ3v) is 2.39. The summed E-state index contributed by atoms with van der Waals surface area (Å²) in [5.41, 5.74) is 6.50. The highest BCUT2D eigenvalue weighted by Gasteiger charge is 2.05. The number of nitrogens with zero attached hydrogens (tertiary/aromatic N) is 1. The van der Waals surface area contributed by atoms with Crippen molar-refractivity contribution < 1.29 is 14.2 Å². The average molecular weight is 267 g/mol. The topological polar surface area (TPSA) is 78.1 Å². The van der Waals surface area contributed by atoms with Crippen LogP contribution in [0.15, 0.2) is 23.2 Å². The van der Waals surface area contributed by atoms with Crippen molar-refractivity contribution in [1.29, 1.82) is 0 Å². The number of aliphatic imine (C=N–C) groups is 1. The zero-order chi connectivity index (χ0) is 14.1. The highest BCUT2D eigenvalue weighted by molar-refractivity contribution is 5.93. The maximum absolute atomic E-state index is 5.79. The Hall–Kier alpha value is -1.95. The largest absolute Gasteiger partial charge is 0.497 e. The van der Waals surface area contributed by atoms with Crippen LogP contribution in [0, 0.1) is 0 Å². The molecule has 6 nitrogen and oxygen atoms in total. The van der Waals surface area contributed by atoms with Gasteiger partial charge in [-0.1, -0.05) is 0 Å². The molecule has 0 aliphatic heterocycles. The van der Waals surface area contributed by atoms with Crippen LogP contribution in [0.5, 0.6) is 11.5 Å². The van der Waals surface area contributed by atoms with Gasteiger partial charge in [0.2, 0.25) is 0 Å². The lowest BCUT2D eigenvalue weighted by molar-refractivity contribution is 0.156. The summed E-state index contributed by atoms with van der Waals surface area (Å²) in [5, 5.41) is 2.98. The van der Waals surface area contributed by atoms with Crippen molar-refractivity contribution in [1.82, 2.24) is 0 Å². The molecular weight excluding hydrogens is 246 g/mol. The molecule has 0 bridgehead atoms. The van der Waals surface area contributed by atoms with Crippen molar-refractivity contribution in [2.24, 2.45) is 10.7 Å². The fraction of sp³-hybridized carbons (Fsp3) is 0.462. The second-order valence-electron chi connectivity index (χ2n) is 3.66. The lowest BCUT2D eigenvalue weighted by Crippen LogP contribution is -2.23. The van der Waals surface area contributed by atoms with Gasteiger partial charge in [-0.2, -0.15) is 0 Å². The Morgan fingerprint density at radius 3 is 2.74 bits per heavy atom.